The van der Waals surface area contributed by atoms with Crippen molar-refractivity contribution < 1.29 is 22.0 Å². The summed E-state index contributed by atoms with van der Waals surface area (Å²) >= 11 is 0. The minimum Gasteiger partial charge on any atom is -0.309 e. The van der Waals surface area contributed by atoms with Gasteiger partial charge in [-0.2, -0.15) is 13.2 Å². The molecular weight excluding hydrogens is 253 g/mol. The lowest BCUT2D eigenvalue weighted by Gasteiger charge is -2.31. The largest absolute Gasteiger partial charge is 0.393 e. The lowest BCUT2D eigenvalue weighted by Crippen LogP contribution is -2.40. The van der Waals surface area contributed by atoms with E-state index in [9.17, 15) is 22.0 Å². The number of hydrogen-bond donors (Lipinski definition) is 1. The maximum atomic E-state index is 13.5. The van der Waals surface area contributed by atoms with Crippen molar-refractivity contribution in [1.29, 1.82) is 0 Å². The Kier molecular flexibility index (Phi) is 3.56. The van der Waals surface area contributed by atoms with E-state index >= 15 is 0 Å². The third-order valence-corrected chi connectivity index (χ3v) is 3.22. The Morgan fingerprint density at radius 1 is 1.11 bits per heavy atom. The highest BCUT2D eigenvalue weighted by molar-refractivity contribution is 5.22. The molecule has 0 bridgehead atoms. The first-order chi connectivity index (χ1) is 8.38. The van der Waals surface area contributed by atoms with E-state index in [4.69, 9.17) is 0 Å². The molecule has 1 aliphatic heterocycles. The Balaban J connectivity index is 2.06. The maximum Gasteiger partial charge on any atom is 0.393 e. The Morgan fingerprint density at radius 3 is 2.33 bits per heavy atom. The van der Waals surface area contributed by atoms with E-state index < -0.39 is 29.8 Å². The summed E-state index contributed by atoms with van der Waals surface area (Å²) in [7, 11) is 0. The average molecular weight is 265 g/mol. The Labute approximate surface area is 101 Å². The molecule has 1 aromatic carbocycles. The summed E-state index contributed by atoms with van der Waals surface area (Å²) < 4.78 is 63.5. The molecule has 0 spiro atoms. The van der Waals surface area contributed by atoms with Crippen molar-refractivity contribution in [2.45, 2.75) is 25.1 Å². The number of halogens is 5. The minimum atomic E-state index is -4.22. The highest BCUT2D eigenvalue weighted by Crippen LogP contribution is 2.36. The van der Waals surface area contributed by atoms with Crippen LogP contribution >= 0.6 is 0 Å². The first-order valence-electron chi connectivity index (χ1n) is 5.63. The van der Waals surface area contributed by atoms with Gasteiger partial charge in [0.25, 0.3) is 0 Å². The van der Waals surface area contributed by atoms with Crippen molar-refractivity contribution >= 4 is 0 Å². The number of hydrogen-bond acceptors (Lipinski definition) is 1. The van der Waals surface area contributed by atoms with E-state index in [1.807, 2.05) is 0 Å². The van der Waals surface area contributed by atoms with Gasteiger partial charge in [0, 0.05) is 24.2 Å². The van der Waals surface area contributed by atoms with Crippen molar-refractivity contribution in [3.8, 4) is 0 Å². The SMILES string of the molecule is Fc1ccc(C2CCC(C(F)(F)F)CN2)c(F)c1. The second kappa shape index (κ2) is 4.84. The predicted octanol–water partition coefficient (Wildman–Crippen LogP) is 3.57. The van der Waals surface area contributed by atoms with Crippen LogP contribution in [0.5, 0.6) is 0 Å². The van der Waals surface area contributed by atoms with Crippen LogP contribution in [0.3, 0.4) is 0 Å². The van der Waals surface area contributed by atoms with Crippen LogP contribution < -0.4 is 5.32 Å². The zero-order chi connectivity index (χ0) is 13.3. The van der Waals surface area contributed by atoms with E-state index in [1.165, 1.54) is 6.07 Å². The highest BCUT2D eigenvalue weighted by atomic mass is 19.4. The molecule has 0 aromatic heterocycles. The van der Waals surface area contributed by atoms with Gasteiger partial charge in [0.1, 0.15) is 11.6 Å². The van der Waals surface area contributed by atoms with Crippen LogP contribution in [-0.4, -0.2) is 12.7 Å². The Hall–Kier alpha value is -1.17. The van der Waals surface area contributed by atoms with E-state index in [0.717, 1.165) is 12.1 Å². The second-order valence-corrected chi connectivity index (χ2v) is 4.44. The zero-order valence-corrected chi connectivity index (χ0v) is 9.40. The van der Waals surface area contributed by atoms with E-state index in [-0.39, 0.29) is 24.9 Å². The molecule has 1 fully saturated rings. The van der Waals surface area contributed by atoms with Crippen LogP contribution in [0.2, 0.25) is 0 Å². The van der Waals surface area contributed by atoms with Gasteiger partial charge in [-0.1, -0.05) is 6.07 Å². The fourth-order valence-corrected chi connectivity index (χ4v) is 2.19. The van der Waals surface area contributed by atoms with Gasteiger partial charge in [-0.05, 0) is 18.9 Å². The van der Waals surface area contributed by atoms with Crippen molar-refractivity contribution in [2.75, 3.05) is 6.54 Å². The summed E-state index contributed by atoms with van der Waals surface area (Å²) in [6, 6.07) is 2.64. The number of rotatable bonds is 1. The molecule has 0 amide bonds. The van der Waals surface area contributed by atoms with E-state index in [1.54, 1.807) is 0 Å². The Morgan fingerprint density at radius 2 is 1.83 bits per heavy atom. The molecule has 1 nitrogen and oxygen atoms in total. The van der Waals surface area contributed by atoms with Crippen LogP contribution in [-0.2, 0) is 0 Å². The van der Waals surface area contributed by atoms with Gasteiger partial charge in [-0.25, -0.2) is 8.78 Å². The molecule has 1 heterocycles. The molecule has 0 radical (unpaired) electrons. The molecule has 2 rings (SSSR count). The minimum absolute atomic E-state index is 0.0437. The van der Waals surface area contributed by atoms with Crippen molar-refractivity contribution in [1.82, 2.24) is 5.32 Å². The van der Waals surface area contributed by atoms with Crippen LogP contribution in [0.15, 0.2) is 18.2 Å². The third kappa shape index (κ3) is 2.80. The summed E-state index contributed by atoms with van der Waals surface area (Å²) in [5.41, 5.74) is 0.219. The van der Waals surface area contributed by atoms with Crippen LogP contribution in [0.1, 0.15) is 24.4 Å². The monoisotopic (exact) mass is 265 g/mol. The molecule has 18 heavy (non-hydrogen) atoms. The van der Waals surface area contributed by atoms with Crippen LogP contribution in [0.4, 0.5) is 22.0 Å². The van der Waals surface area contributed by atoms with Gasteiger partial charge in [0.05, 0.1) is 5.92 Å². The zero-order valence-electron chi connectivity index (χ0n) is 9.40. The smallest absolute Gasteiger partial charge is 0.309 e. The Bertz CT molecular complexity index is 421. The molecule has 1 saturated heterocycles. The van der Waals surface area contributed by atoms with Gasteiger partial charge >= 0.3 is 6.18 Å². The van der Waals surface area contributed by atoms with Gasteiger partial charge in [0.2, 0.25) is 0 Å². The fourth-order valence-electron chi connectivity index (χ4n) is 2.19. The van der Waals surface area contributed by atoms with Crippen LogP contribution in [0, 0.1) is 17.6 Å². The molecule has 1 aliphatic rings. The molecule has 100 valence electrons. The van der Waals surface area contributed by atoms with Gasteiger partial charge in [0.15, 0.2) is 0 Å². The maximum absolute atomic E-state index is 13.5. The van der Waals surface area contributed by atoms with Gasteiger partial charge in [-0.3, -0.25) is 0 Å². The van der Waals surface area contributed by atoms with Gasteiger partial charge in [-0.15, -0.1) is 0 Å². The van der Waals surface area contributed by atoms with Crippen molar-refractivity contribution in [3.05, 3.63) is 35.4 Å². The molecule has 1 N–H and O–H groups in total. The van der Waals surface area contributed by atoms with Crippen molar-refractivity contribution in [3.63, 3.8) is 0 Å². The molecule has 2 unspecified atom stereocenters. The summed E-state index contributed by atoms with van der Waals surface area (Å²) in [6.45, 7) is -0.231. The number of nitrogens with one attached hydrogen (secondary N) is 1. The lowest BCUT2D eigenvalue weighted by molar-refractivity contribution is -0.179. The molecule has 6 heteroatoms. The van der Waals surface area contributed by atoms with Gasteiger partial charge < -0.3 is 5.32 Å². The lowest BCUT2D eigenvalue weighted by atomic mass is 9.90. The number of benzene rings is 1. The van der Waals surface area contributed by atoms with Crippen LogP contribution in [0.25, 0.3) is 0 Å². The molecule has 0 saturated carbocycles. The number of alkyl halides is 3. The fraction of sp³-hybridized carbons (Fsp3) is 0.500. The topological polar surface area (TPSA) is 12.0 Å². The quantitative estimate of drug-likeness (QED) is 0.765. The summed E-state index contributed by atoms with van der Waals surface area (Å²) in [5, 5.41) is 2.67. The first-order valence-corrected chi connectivity index (χ1v) is 5.63. The molecule has 1 aromatic rings. The molecule has 2 atom stereocenters. The number of piperidine rings is 1. The predicted molar refractivity (Wildman–Crippen MR) is 55.9 cm³/mol. The third-order valence-electron chi connectivity index (χ3n) is 3.22. The summed E-state index contributed by atoms with van der Waals surface area (Å²) in [5.74, 6) is -2.81. The normalized spacial score (nSPS) is 25.2. The average Bonchev–Trinajstić information content (AvgIpc) is 2.28. The standard InChI is InChI=1S/C12H12F5N/c13-8-2-3-9(10(14)5-8)11-4-1-7(6-18-11)12(15,16)17/h2-3,5,7,11,18H,1,4,6H2. The first kappa shape index (κ1) is 13.3. The van der Waals surface area contributed by atoms with E-state index in [0.29, 0.717) is 0 Å². The summed E-state index contributed by atoms with van der Waals surface area (Å²) in [6.07, 6.45) is -4.08. The van der Waals surface area contributed by atoms with Crippen molar-refractivity contribution in [2.24, 2.45) is 5.92 Å². The molecule has 0 aliphatic carbocycles. The second-order valence-electron chi connectivity index (χ2n) is 4.44. The molecular formula is C12H12F5N. The van der Waals surface area contributed by atoms with E-state index in [2.05, 4.69) is 5.32 Å². The summed E-state index contributed by atoms with van der Waals surface area (Å²) in [4.78, 5) is 0. The highest BCUT2D eigenvalue weighted by Gasteiger charge is 2.41.